The summed E-state index contributed by atoms with van der Waals surface area (Å²) < 4.78 is 11.2. The number of allylic oxidation sites excluding steroid dienone is 9. The van der Waals surface area contributed by atoms with E-state index in [0.717, 1.165) is 57.8 Å². The largest absolute Gasteiger partial charge is 0.394 e. The van der Waals surface area contributed by atoms with Crippen LogP contribution in [-0.2, 0) is 14.3 Å². The van der Waals surface area contributed by atoms with Crippen LogP contribution in [0.5, 0.6) is 0 Å². The summed E-state index contributed by atoms with van der Waals surface area (Å²) in [5, 5.41) is 54.4. The fourth-order valence-electron chi connectivity index (χ4n) is 8.68. The minimum absolute atomic E-state index is 0.207. The van der Waals surface area contributed by atoms with Crippen LogP contribution in [0.4, 0.5) is 0 Å². The van der Waals surface area contributed by atoms with Crippen molar-refractivity contribution in [3.8, 4) is 0 Å². The number of aliphatic hydroxyl groups excluding tert-OH is 5. The maximum absolute atomic E-state index is 13.0. The van der Waals surface area contributed by atoms with Crippen molar-refractivity contribution in [1.29, 1.82) is 0 Å². The van der Waals surface area contributed by atoms with Crippen LogP contribution in [0.25, 0.3) is 0 Å². The molecule has 7 unspecified atom stereocenters. The molecule has 0 aromatic heterocycles. The molecule has 1 heterocycles. The quantitative estimate of drug-likeness (QED) is 0.0261. The molecule has 1 aliphatic rings. The van der Waals surface area contributed by atoms with Gasteiger partial charge in [-0.25, -0.2) is 0 Å². The standard InChI is InChI=1S/C58H105NO8/c1-3-5-7-9-11-13-15-17-19-20-21-22-23-24-25-26-27-28-29-30-31-32-34-35-37-39-41-43-45-47-52(61)51(50-66-58-57(65)56(64)55(63)53(49-60)67-58)59-54(62)48-46-44-42-40-38-36-33-18-16-14-12-10-8-6-4-2/h6,8,12,14,18,33,38,40,45,47,51-53,55-58,60-61,63-65H,3-5,7,9-11,13,15-17,19-32,34-37,39,41-44,46,48-50H2,1-2H3,(H,59,62)/b8-6-,14-12-,33-18-,40-38-,47-45+. The van der Waals surface area contributed by atoms with Crippen LogP contribution in [-0.4, -0.2) is 87.5 Å². The zero-order valence-electron chi connectivity index (χ0n) is 43.1. The summed E-state index contributed by atoms with van der Waals surface area (Å²) in [5.41, 5.74) is 0. The molecule has 7 atom stereocenters. The van der Waals surface area contributed by atoms with Crippen molar-refractivity contribution in [2.24, 2.45) is 0 Å². The molecule has 0 spiro atoms. The lowest BCUT2D eigenvalue weighted by Crippen LogP contribution is -2.60. The summed E-state index contributed by atoms with van der Waals surface area (Å²) >= 11 is 0. The highest BCUT2D eigenvalue weighted by Gasteiger charge is 2.44. The van der Waals surface area contributed by atoms with Gasteiger partial charge in [-0.1, -0.05) is 242 Å². The molecule has 6 N–H and O–H groups in total. The lowest BCUT2D eigenvalue weighted by Gasteiger charge is -2.40. The van der Waals surface area contributed by atoms with Gasteiger partial charge in [-0.05, 0) is 57.8 Å². The minimum Gasteiger partial charge on any atom is -0.394 e. The summed E-state index contributed by atoms with van der Waals surface area (Å²) in [5.74, 6) is -0.217. The smallest absolute Gasteiger partial charge is 0.220 e. The zero-order valence-corrected chi connectivity index (χ0v) is 43.1. The number of carbonyl (C=O) groups is 1. The van der Waals surface area contributed by atoms with Gasteiger partial charge in [-0.15, -0.1) is 0 Å². The first kappa shape index (κ1) is 62.9. The molecule has 390 valence electrons. The Hall–Kier alpha value is -2.11. The number of unbranched alkanes of at least 4 members (excludes halogenated alkanes) is 29. The first-order valence-electron chi connectivity index (χ1n) is 28.0. The molecule has 1 rings (SSSR count). The number of ether oxygens (including phenoxy) is 2. The normalized spacial score (nSPS) is 20.1. The molecule has 9 heteroatoms. The van der Waals surface area contributed by atoms with E-state index >= 15 is 0 Å². The van der Waals surface area contributed by atoms with Crippen molar-refractivity contribution >= 4 is 5.91 Å². The van der Waals surface area contributed by atoms with Crippen LogP contribution in [0.15, 0.2) is 60.8 Å². The molecule has 0 saturated carbocycles. The number of aliphatic hydroxyl groups is 5. The summed E-state index contributed by atoms with van der Waals surface area (Å²) in [6, 6.07) is -0.829. The van der Waals surface area contributed by atoms with Gasteiger partial charge in [0.15, 0.2) is 6.29 Å². The highest BCUT2D eigenvalue weighted by molar-refractivity contribution is 5.76. The fraction of sp³-hybridized carbons (Fsp3) is 0.810. The number of hydrogen-bond donors (Lipinski definition) is 6. The van der Waals surface area contributed by atoms with Crippen LogP contribution in [0.2, 0.25) is 0 Å². The van der Waals surface area contributed by atoms with Crippen LogP contribution in [0.3, 0.4) is 0 Å². The van der Waals surface area contributed by atoms with Crippen LogP contribution in [0, 0.1) is 0 Å². The monoisotopic (exact) mass is 944 g/mol. The van der Waals surface area contributed by atoms with Crippen molar-refractivity contribution in [2.75, 3.05) is 13.2 Å². The van der Waals surface area contributed by atoms with Gasteiger partial charge in [0.05, 0.1) is 25.4 Å². The van der Waals surface area contributed by atoms with E-state index in [0.29, 0.717) is 12.8 Å². The van der Waals surface area contributed by atoms with Crippen molar-refractivity contribution in [2.45, 2.75) is 288 Å². The van der Waals surface area contributed by atoms with Crippen molar-refractivity contribution in [1.82, 2.24) is 5.32 Å². The van der Waals surface area contributed by atoms with E-state index in [2.05, 4.69) is 67.8 Å². The second kappa shape index (κ2) is 47.6. The Bertz CT molecular complexity index is 1230. The predicted molar refractivity (Wildman–Crippen MR) is 281 cm³/mol. The van der Waals surface area contributed by atoms with Crippen molar-refractivity contribution < 1.29 is 39.8 Å². The average molecular weight is 944 g/mol. The lowest BCUT2D eigenvalue weighted by atomic mass is 9.99. The highest BCUT2D eigenvalue weighted by atomic mass is 16.7. The number of amides is 1. The lowest BCUT2D eigenvalue weighted by molar-refractivity contribution is -0.302. The molecule has 9 nitrogen and oxygen atoms in total. The van der Waals surface area contributed by atoms with Crippen LogP contribution < -0.4 is 5.32 Å². The van der Waals surface area contributed by atoms with Gasteiger partial charge in [-0.3, -0.25) is 4.79 Å². The third kappa shape index (κ3) is 37.4. The van der Waals surface area contributed by atoms with Gasteiger partial charge < -0.3 is 40.3 Å². The Morgan fingerprint density at radius 3 is 1.37 bits per heavy atom. The second-order valence-electron chi connectivity index (χ2n) is 19.4. The molecule has 1 amide bonds. The van der Waals surface area contributed by atoms with E-state index in [1.165, 1.54) is 161 Å². The molecule has 0 aliphatic carbocycles. The molecule has 0 bridgehead atoms. The molecular formula is C58H105NO8. The summed E-state index contributed by atoms with van der Waals surface area (Å²) in [6.45, 7) is 3.65. The third-order valence-electron chi connectivity index (χ3n) is 13.1. The molecule has 1 saturated heterocycles. The number of rotatable bonds is 47. The van der Waals surface area contributed by atoms with Crippen molar-refractivity contribution in [3.63, 3.8) is 0 Å². The van der Waals surface area contributed by atoms with Crippen LogP contribution >= 0.6 is 0 Å². The Morgan fingerprint density at radius 2 is 0.925 bits per heavy atom. The third-order valence-corrected chi connectivity index (χ3v) is 13.1. The molecular weight excluding hydrogens is 839 g/mol. The average Bonchev–Trinajstić information content (AvgIpc) is 3.33. The summed E-state index contributed by atoms with van der Waals surface area (Å²) in [4.78, 5) is 13.0. The number of carbonyl (C=O) groups excluding carboxylic acids is 1. The van der Waals surface area contributed by atoms with Gasteiger partial charge >= 0.3 is 0 Å². The molecule has 0 radical (unpaired) electrons. The number of hydrogen-bond acceptors (Lipinski definition) is 8. The van der Waals surface area contributed by atoms with Gasteiger partial charge in [0.2, 0.25) is 5.91 Å². The van der Waals surface area contributed by atoms with Gasteiger partial charge in [0.1, 0.15) is 24.4 Å². The summed E-state index contributed by atoms with van der Waals surface area (Å²) in [6.07, 6.45) is 57.3. The predicted octanol–water partition coefficient (Wildman–Crippen LogP) is 13.5. The molecule has 0 aromatic rings. The van der Waals surface area contributed by atoms with Gasteiger partial charge in [-0.2, -0.15) is 0 Å². The first-order chi connectivity index (χ1) is 32.8. The topological polar surface area (TPSA) is 149 Å². The zero-order chi connectivity index (χ0) is 48.7. The summed E-state index contributed by atoms with van der Waals surface area (Å²) in [7, 11) is 0. The van der Waals surface area contributed by atoms with E-state index in [4.69, 9.17) is 9.47 Å². The SMILES string of the molecule is CC/C=C\C/C=C\C/C=C\C/C=C\CCCCC(=O)NC(COC1OC(CO)C(O)C(O)C1O)C(O)/C=C/CCCCCCCCCCCCCCCCCCCCCCCCCCCCC. The molecule has 67 heavy (non-hydrogen) atoms. The van der Waals surface area contributed by atoms with Gasteiger partial charge in [0.25, 0.3) is 0 Å². The maximum Gasteiger partial charge on any atom is 0.220 e. The molecule has 0 aromatic carbocycles. The Kier molecular flexibility index (Phi) is 44.7. The minimum atomic E-state index is -1.58. The Labute approximate surface area is 411 Å². The van der Waals surface area contributed by atoms with E-state index < -0.39 is 49.5 Å². The van der Waals surface area contributed by atoms with E-state index in [-0.39, 0.29) is 12.5 Å². The van der Waals surface area contributed by atoms with Gasteiger partial charge in [0, 0.05) is 6.42 Å². The van der Waals surface area contributed by atoms with Crippen molar-refractivity contribution in [3.05, 3.63) is 60.8 Å². The van der Waals surface area contributed by atoms with Crippen LogP contribution in [0.1, 0.15) is 245 Å². The number of nitrogens with one attached hydrogen (secondary N) is 1. The highest BCUT2D eigenvalue weighted by Crippen LogP contribution is 2.23. The Morgan fingerprint density at radius 1 is 0.522 bits per heavy atom. The maximum atomic E-state index is 13.0. The first-order valence-corrected chi connectivity index (χ1v) is 28.0. The second-order valence-corrected chi connectivity index (χ2v) is 19.4. The molecule has 1 fully saturated rings. The molecule has 1 aliphatic heterocycles. The van der Waals surface area contributed by atoms with E-state index in [1.54, 1.807) is 6.08 Å². The fourth-order valence-corrected chi connectivity index (χ4v) is 8.68. The van der Waals surface area contributed by atoms with E-state index in [1.807, 2.05) is 6.08 Å². The Balaban J connectivity index is 2.21. The van der Waals surface area contributed by atoms with E-state index in [9.17, 15) is 30.3 Å².